The largest absolute Gasteiger partial charge is 0.340 e. The van der Waals surface area contributed by atoms with Gasteiger partial charge in [-0.2, -0.15) is 15.0 Å². The minimum Gasteiger partial charge on any atom is -0.340 e. The summed E-state index contributed by atoms with van der Waals surface area (Å²) in [6.07, 6.45) is 4.04. The van der Waals surface area contributed by atoms with Crippen molar-refractivity contribution < 1.29 is 9.18 Å². The minimum absolute atomic E-state index is 0.185. The van der Waals surface area contributed by atoms with Crippen molar-refractivity contribution >= 4 is 11.9 Å². The molecule has 0 N–H and O–H groups in total. The SMILES string of the molecule is Cc1cc(C)nc(N2CCC3CN(C(=O)c4cc(F)ccc4-n4nccn4)CC3C2)n1. The molecule has 31 heavy (non-hydrogen) atoms. The van der Waals surface area contributed by atoms with E-state index in [-0.39, 0.29) is 11.5 Å². The second-order valence-electron chi connectivity index (χ2n) is 8.40. The van der Waals surface area contributed by atoms with Crippen LogP contribution in [0.3, 0.4) is 0 Å². The summed E-state index contributed by atoms with van der Waals surface area (Å²) in [5, 5.41) is 8.22. The van der Waals surface area contributed by atoms with Gasteiger partial charge in [0.15, 0.2) is 0 Å². The van der Waals surface area contributed by atoms with Gasteiger partial charge in [-0.25, -0.2) is 14.4 Å². The van der Waals surface area contributed by atoms with Crippen LogP contribution in [-0.4, -0.2) is 61.9 Å². The summed E-state index contributed by atoms with van der Waals surface area (Å²) in [4.78, 5) is 28.0. The Morgan fingerprint density at radius 2 is 1.71 bits per heavy atom. The van der Waals surface area contributed by atoms with Gasteiger partial charge >= 0.3 is 0 Å². The molecule has 0 radical (unpaired) electrons. The van der Waals surface area contributed by atoms with Crippen LogP contribution >= 0.6 is 0 Å². The number of nitrogens with zero attached hydrogens (tertiary/aromatic N) is 7. The van der Waals surface area contributed by atoms with Gasteiger partial charge in [0.2, 0.25) is 5.95 Å². The first kappa shape index (κ1) is 19.6. The zero-order valence-electron chi connectivity index (χ0n) is 17.6. The van der Waals surface area contributed by atoms with Crippen LogP contribution in [0, 0.1) is 31.5 Å². The topological polar surface area (TPSA) is 80.0 Å². The number of carbonyl (C=O) groups is 1. The van der Waals surface area contributed by atoms with Crippen LogP contribution in [-0.2, 0) is 0 Å². The summed E-state index contributed by atoms with van der Waals surface area (Å²) < 4.78 is 14.0. The van der Waals surface area contributed by atoms with Gasteiger partial charge in [-0.15, -0.1) is 0 Å². The Balaban J connectivity index is 1.35. The van der Waals surface area contributed by atoms with Crippen molar-refractivity contribution in [1.29, 1.82) is 0 Å². The van der Waals surface area contributed by atoms with Gasteiger partial charge in [0.1, 0.15) is 5.82 Å². The number of rotatable bonds is 3. The average Bonchev–Trinajstić information content (AvgIpc) is 3.42. The van der Waals surface area contributed by atoms with Gasteiger partial charge in [-0.3, -0.25) is 4.79 Å². The first-order valence-electron chi connectivity index (χ1n) is 10.5. The molecule has 160 valence electrons. The van der Waals surface area contributed by atoms with Crippen LogP contribution in [0.1, 0.15) is 28.2 Å². The molecule has 2 aromatic heterocycles. The van der Waals surface area contributed by atoms with E-state index in [1.807, 2.05) is 24.8 Å². The Morgan fingerprint density at radius 1 is 1.00 bits per heavy atom. The van der Waals surface area contributed by atoms with Crippen molar-refractivity contribution in [2.75, 3.05) is 31.1 Å². The number of carbonyl (C=O) groups excluding carboxylic acids is 1. The Labute approximate surface area is 179 Å². The highest BCUT2D eigenvalue weighted by molar-refractivity contribution is 5.98. The smallest absolute Gasteiger partial charge is 0.256 e. The third-order valence-corrected chi connectivity index (χ3v) is 6.16. The molecule has 1 amide bonds. The second-order valence-corrected chi connectivity index (χ2v) is 8.40. The number of anilines is 1. The standard InChI is InChI=1S/C22H24FN7O/c1-14-9-15(2)27-22(26-14)28-8-5-16-11-29(13-17(16)12-28)21(31)19-10-18(23)3-4-20(19)30-24-6-7-25-30/h3-4,6-7,9-10,16-17H,5,8,11-13H2,1-2H3. The van der Waals surface area contributed by atoms with E-state index in [9.17, 15) is 9.18 Å². The van der Waals surface area contributed by atoms with Crippen LogP contribution in [0.4, 0.5) is 10.3 Å². The zero-order chi connectivity index (χ0) is 21.5. The molecular formula is C22H24FN7O. The number of hydrogen-bond acceptors (Lipinski definition) is 6. The maximum absolute atomic E-state index is 14.0. The molecule has 2 unspecified atom stereocenters. The van der Waals surface area contributed by atoms with E-state index < -0.39 is 5.82 Å². The summed E-state index contributed by atoms with van der Waals surface area (Å²) in [6, 6.07) is 6.11. The Hall–Kier alpha value is -3.36. The summed E-state index contributed by atoms with van der Waals surface area (Å²) in [7, 11) is 0. The lowest BCUT2D eigenvalue weighted by molar-refractivity contribution is 0.0783. The fraction of sp³-hybridized carbons (Fsp3) is 0.409. The highest BCUT2D eigenvalue weighted by Crippen LogP contribution is 2.34. The summed E-state index contributed by atoms with van der Waals surface area (Å²) >= 11 is 0. The predicted molar refractivity (Wildman–Crippen MR) is 113 cm³/mol. The number of aryl methyl sites for hydroxylation is 2. The van der Waals surface area contributed by atoms with Gasteiger partial charge in [0, 0.05) is 37.6 Å². The number of hydrogen-bond donors (Lipinski definition) is 0. The van der Waals surface area contributed by atoms with Crippen molar-refractivity contribution in [2.24, 2.45) is 11.8 Å². The Kier molecular flexibility index (Phi) is 4.88. The third-order valence-electron chi connectivity index (χ3n) is 6.16. The molecule has 2 aliphatic rings. The molecule has 9 heteroatoms. The third kappa shape index (κ3) is 3.75. The normalized spacial score (nSPS) is 20.7. The molecule has 0 aliphatic carbocycles. The Morgan fingerprint density at radius 3 is 2.45 bits per heavy atom. The number of halogens is 1. The average molecular weight is 421 g/mol. The summed E-state index contributed by atoms with van der Waals surface area (Å²) in [6.45, 7) is 6.95. The molecule has 4 heterocycles. The van der Waals surface area contributed by atoms with Crippen molar-refractivity contribution in [2.45, 2.75) is 20.3 Å². The molecule has 0 spiro atoms. The molecule has 8 nitrogen and oxygen atoms in total. The lowest BCUT2D eigenvalue weighted by Crippen LogP contribution is -2.41. The molecular weight excluding hydrogens is 397 g/mol. The van der Waals surface area contributed by atoms with Crippen LogP contribution in [0.25, 0.3) is 5.69 Å². The van der Waals surface area contributed by atoms with Gasteiger partial charge in [-0.05, 0) is 56.4 Å². The van der Waals surface area contributed by atoms with E-state index in [0.717, 1.165) is 36.8 Å². The first-order chi connectivity index (χ1) is 15.0. The highest BCUT2D eigenvalue weighted by Gasteiger charge is 2.40. The quantitative estimate of drug-likeness (QED) is 0.646. The van der Waals surface area contributed by atoms with E-state index in [0.29, 0.717) is 30.6 Å². The lowest BCUT2D eigenvalue weighted by atomic mass is 9.89. The van der Waals surface area contributed by atoms with E-state index >= 15 is 0 Å². The predicted octanol–water partition coefficient (Wildman–Crippen LogP) is 2.41. The maximum atomic E-state index is 14.0. The summed E-state index contributed by atoms with van der Waals surface area (Å²) in [5.41, 5.74) is 2.68. The molecule has 1 aromatic carbocycles. The number of piperidine rings is 1. The van der Waals surface area contributed by atoms with E-state index in [2.05, 4.69) is 25.1 Å². The highest BCUT2D eigenvalue weighted by atomic mass is 19.1. The summed E-state index contributed by atoms with van der Waals surface area (Å²) in [5.74, 6) is 0.884. The Bertz CT molecular complexity index is 1100. The maximum Gasteiger partial charge on any atom is 0.256 e. The van der Waals surface area contributed by atoms with Crippen LogP contribution in [0.2, 0.25) is 0 Å². The van der Waals surface area contributed by atoms with Crippen molar-refractivity contribution in [3.8, 4) is 5.69 Å². The fourth-order valence-electron chi connectivity index (χ4n) is 4.73. The van der Waals surface area contributed by atoms with Crippen LogP contribution < -0.4 is 4.90 Å². The van der Waals surface area contributed by atoms with Gasteiger partial charge < -0.3 is 9.80 Å². The fourth-order valence-corrected chi connectivity index (χ4v) is 4.73. The number of aromatic nitrogens is 5. The van der Waals surface area contributed by atoms with E-state index in [4.69, 9.17) is 0 Å². The van der Waals surface area contributed by atoms with Gasteiger partial charge in [0.05, 0.1) is 23.6 Å². The molecule has 0 bridgehead atoms. The second kappa shape index (κ2) is 7.72. The van der Waals surface area contributed by atoms with Gasteiger partial charge in [-0.1, -0.05) is 0 Å². The van der Waals surface area contributed by atoms with Crippen LogP contribution in [0.15, 0.2) is 36.7 Å². The first-order valence-corrected chi connectivity index (χ1v) is 10.5. The van der Waals surface area contributed by atoms with E-state index in [1.165, 1.54) is 29.3 Å². The number of fused-ring (bicyclic) bond motifs is 1. The van der Waals surface area contributed by atoms with Crippen molar-refractivity contribution in [3.63, 3.8) is 0 Å². The number of amides is 1. The number of benzene rings is 1. The number of likely N-dealkylation sites (tertiary alicyclic amines) is 1. The van der Waals surface area contributed by atoms with E-state index in [1.54, 1.807) is 6.07 Å². The molecule has 0 saturated carbocycles. The monoisotopic (exact) mass is 421 g/mol. The lowest BCUT2D eigenvalue weighted by Gasteiger charge is -2.34. The van der Waals surface area contributed by atoms with Gasteiger partial charge in [0.25, 0.3) is 5.91 Å². The molecule has 2 fully saturated rings. The molecule has 2 aliphatic heterocycles. The molecule has 2 atom stereocenters. The molecule has 5 rings (SSSR count). The zero-order valence-corrected chi connectivity index (χ0v) is 17.6. The van der Waals surface area contributed by atoms with Crippen molar-refractivity contribution in [1.82, 2.24) is 29.9 Å². The molecule has 3 aromatic rings. The van der Waals surface area contributed by atoms with Crippen LogP contribution in [0.5, 0.6) is 0 Å². The molecule has 2 saturated heterocycles. The minimum atomic E-state index is -0.450. The van der Waals surface area contributed by atoms with Crippen molar-refractivity contribution in [3.05, 3.63) is 59.4 Å².